The Morgan fingerprint density at radius 2 is 0.925 bits per heavy atom. The maximum Gasteiger partial charge on any atom is 0.159 e. The Hall–Kier alpha value is -7.10. The van der Waals surface area contributed by atoms with Crippen molar-refractivity contribution in [3.63, 3.8) is 0 Å². The van der Waals surface area contributed by atoms with Crippen LogP contribution in [0.3, 0.4) is 0 Å². The fourth-order valence-electron chi connectivity index (χ4n) is 8.89. The highest BCUT2D eigenvalue weighted by molar-refractivity contribution is 6.15. The van der Waals surface area contributed by atoms with Crippen molar-refractivity contribution in [3.8, 4) is 22.5 Å². The Kier molecular flexibility index (Phi) is 5.77. The number of fused-ring (bicyclic) bond motifs is 12. The van der Waals surface area contributed by atoms with Gasteiger partial charge in [-0.2, -0.15) is 0 Å². The first-order valence-electron chi connectivity index (χ1n) is 18.2. The summed E-state index contributed by atoms with van der Waals surface area (Å²) in [5.41, 5.74) is 11.1. The lowest BCUT2D eigenvalue weighted by atomic mass is 10.0. The van der Waals surface area contributed by atoms with Crippen LogP contribution in [0.1, 0.15) is 0 Å². The van der Waals surface area contributed by atoms with E-state index in [1.54, 1.807) is 0 Å². The van der Waals surface area contributed by atoms with Gasteiger partial charge in [-0.05, 0) is 87.3 Å². The summed E-state index contributed by atoms with van der Waals surface area (Å²) in [6, 6.07) is 66.1. The van der Waals surface area contributed by atoms with Crippen LogP contribution in [0.2, 0.25) is 0 Å². The van der Waals surface area contributed by atoms with Crippen molar-refractivity contribution >= 4 is 87.1 Å². The zero-order valence-corrected chi connectivity index (χ0v) is 28.6. The molecule has 0 aliphatic carbocycles. The summed E-state index contributed by atoms with van der Waals surface area (Å²) in [5.74, 6) is 0. The predicted molar refractivity (Wildman–Crippen MR) is 223 cm³/mol. The maximum atomic E-state index is 6.53. The molecule has 9 aromatic carbocycles. The fourth-order valence-corrected chi connectivity index (χ4v) is 8.89. The molecule has 3 aromatic heterocycles. The van der Waals surface area contributed by atoms with Crippen molar-refractivity contribution in [2.24, 2.45) is 0 Å². The van der Waals surface area contributed by atoms with Gasteiger partial charge in [0.2, 0.25) is 0 Å². The van der Waals surface area contributed by atoms with Gasteiger partial charge in [0.25, 0.3) is 0 Å². The summed E-state index contributed by atoms with van der Waals surface area (Å²) in [7, 11) is 0. The van der Waals surface area contributed by atoms with Crippen LogP contribution in [0.4, 0.5) is 0 Å². The third-order valence-corrected chi connectivity index (χ3v) is 11.3. The van der Waals surface area contributed by atoms with Crippen molar-refractivity contribution in [2.75, 3.05) is 0 Å². The third kappa shape index (κ3) is 4.05. The van der Waals surface area contributed by atoms with Gasteiger partial charge in [0.1, 0.15) is 5.58 Å². The molecule has 3 heterocycles. The summed E-state index contributed by atoms with van der Waals surface area (Å²) in [6.07, 6.45) is 0. The van der Waals surface area contributed by atoms with E-state index in [1.807, 2.05) is 6.07 Å². The molecule has 53 heavy (non-hydrogen) atoms. The molecule has 0 spiro atoms. The number of benzene rings is 9. The highest BCUT2D eigenvalue weighted by Gasteiger charge is 2.19. The van der Waals surface area contributed by atoms with Crippen molar-refractivity contribution in [3.05, 3.63) is 182 Å². The minimum Gasteiger partial charge on any atom is -0.454 e. The zero-order chi connectivity index (χ0) is 34.6. The molecule has 0 aliphatic heterocycles. The summed E-state index contributed by atoms with van der Waals surface area (Å²) in [5, 5.41) is 12.3. The number of rotatable bonds is 3. The number of furan rings is 1. The van der Waals surface area contributed by atoms with E-state index in [0.29, 0.717) is 0 Å². The molecular weight excluding hydrogens is 645 g/mol. The molecule has 0 aliphatic rings. The second kappa shape index (κ2) is 10.7. The van der Waals surface area contributed by atoms with E-state index in [4.69, 9.17) is 4.42 Å². The molecule has 3 nitrogen and oxygen atoms in total. The van der Waals surface area contributed by atoms with Crippen molar-refractivity contribution in [2.45, 2.75) is 0 Å². The molecule has 0 N–H and O–H groups in total. The lowest BCUT2D eigenvalue weighted by molar-refractivity contribution is 0.666. The lowest BCUT2D eigenvalue weighted by Gasteiger charge is -2.12. The highest BCUT2D eigenvalue weighted by atomic mass is 16.3. The topological polar surface area (TPSA) is 23.0 Å². The molecule has 246 valence electrons. The molecule has 0 fully saturated rings. The Morgan fingerprint density at radius 1 is 0.321 bits per heavy atom. The van der Waals surface area contributed by atoms with Crippen LogP contribution >= 0.6 is 0 Å². The summed E-state index contributed by atoms with van der Waals surface area (Å²) in [4.78, 5) is 0. The highest BCUT2D eigenvalue weighted by Crippen LogP contribution is 2.41. The molecule has 0 radical (unpaired) electrons. The molecule has 0 unspecified atom stereocenters. The van der Waals surface area contributed by atoms with Gasteiger partial charge in [0.05, 0.1) is 27.8 Å². The van der Waals surface area contributed by atoms with Gasteiger partial charge in [0, 0.05) is 38.0 Å². The van der Waals surface area contributed by atoms with Gasteiger partial charge in [-0.3, -0.25) is 0 Å². The van der Waals surface area contributed by atoms with Gasteiger partial charge >= 0.3 is 0 Å². The summed E-state index contributed by atoms with van der Waals surface area (Å²) >= 11 is 0. The first kappa shape index (κ1) is 28.6. The molecular formula is C50H30N2O. The van der Waals surface area contributed by atoms with Crippen molar-refractivity contribution in [1.82, 2.24) is 9.13 Å². The first-order valence-corrected chi connectivity index (χ1v) is 18.2. The first-order chi connectivity index (χ1) is 26.3. The molecule has 0 atom stereocenters. The largest absolute Gasteiger partial charge is 0.454 e. The monoisotopic (exact) mass is 674 g/mol. The van der Waals surface area contributed by atoms with Crippen LogP contribution in [0.25, 0.3) is 110 Å². The smallest absolute Gasteiger partial charge is 0.159 e. The second-order valence-corrected chi connectivity index (χ2v) is 14.1. The minimum atomic E-state index is 0.903. The summed E-state index contributed by atoms with van der Waals surface area (Å²) < 4.78 is 11.3. The Balaban J connectivity index is 1.06. The quantitative estimate of drug-likeness (QED) is 0.171. The van der Waals surface area contributed by atoms with E-state index in [1.165, 1.54) is 65.3 Å². The van der Waals surface area contributed by atoms with E-state index < -0.39 is 0 Å². The maximum absolute atomic E-state index is 6.53. The minimum absolute atomic E-state index is 0.903. The Labute approximate surface area is 304 Å². The van der Waals surface area contributed by atoms with Crippen LogP contribution < -0.4 is 0 Å². The summed E-state index contributed by atoms with van der Waals surface area (Å²) in [6.45, 7) is 0. The molecule has 0 bridgehead atoms. The molecule has 3 heteroatoms. The number of nitrogens with zero attached hydrogens (tertiary/aromatic N) is 2. The SMILES string of the molecule is c1ccc2c(c1)ccc1cc(-n3c4ccccc4c4ccc(-c5ccc6c(c5)c5ccccc5n6-c5cccc6c5oc5ccccc56)cc43)ccc12. The standard InChI is InChI=1S/C50H30N2O/c1-2-11-36-31(10-1)20-21-34-28-35(24-26-37(34)36)51-44-16-6-3-12-38(44)40-25-22-33(30-48(40)51)32-23-27-46-43(29-32)39-13-4-7-17-45(39)52(46)47-18-9-15-42-41-14-5-8-19-49(41)53-50(42)47/h1-30H. The molecule has 0 saturated carbocycles. The predicted octanol–water partition coefficient (Wildman–Crippen LogP) is 13.8. The number of para-hydroxylation sites is 4. The zero-order valence-electron chi connectivity index (χ0n) is 28.6. The van der Waals surface area contributed by atoms with Gasteiger partial charge in [-0.1, -0.05) is 127 Å². The molecule has 12 aromatic rings. The Bertz CT molecular complexity index is 3470. The lowest BCUT2D eigenvalue weighted by Crippen LogP contribution is -1.95. The van der Waals surface area contributed by atoms with E-state index in [2.05, 4.69) is 185 Å². The average Bonchev–Trinajstić information content (AvgIpc) is 3.88. The third-order valence-electron chi connectivity index (χ3n) is 11.3. The van der Waals surface area contributed by atoms with Crippen LogP contribution in [-0.4, -0.2) is 9.13 Å². The van der Waals surface area contributed by atoms with Gasteiger partial charge in [0.15, 0.2) is 5.58 Å². The normalized spacial score (nSPS) is 12.2. The number of aromatic nitrogens is 2. The number of hydrogen-bond donors (Lipinski definition) is 0. The second-order valence-electron chi connectivity index (χ2n) is 14.1. The van der Waals surface area contributed by atoms with Crippen LogP contribution in [-0.2, 0) is 0 Å². The van der Waals surface area contributed by atoms with E-state index in [-0.39, 0.29) is 0 Å². The van der Waals surface area contributed by atoms with Gasteiger partial charge in [-0.25, -0.2) is 0 Å². The fraction of sp³-hybridized carbons (Fsp3) is 0. The van der Waals surface area contributed by atoms with Crippen molar-refractivity contribution < 1.29 is 4.42 Å². The van der Waals surface area contributed by atoms with Gasteiger partial charge < -0.3 is 13.6 Å². The molecule has 0 amide bonds. The molecule has 12 rings (SSSR count). The van der Waals surface area contributed by atoms with Gasteiger partial charge in [-0.15, -0.1) is 0 Å². The van der Waals surface area contributed by atoms with E-state index in [0.717, 1.165) is 44.3 Å². The van der Waals surface area contributed by atoms with Crippen LogP contribution in [0.15, 0.2) is 186 Å². The average molecular weight is 675 g/mol. The van der Waals surface area contributed by atoms with E-state index in [9.17, 15) is 0 Å². The van der Waals surface area contributed by atoms with E-state index >= 15 is 0 Å². The Morgan fingerprint density at radius 3 is 1.81 bits per heavy atom. The molecule has 0 saturated heterocycles. The van der Waals surface area contributed by atoms with Crippen molar-refractivity contribution in [1.29, 1.82) is 0 Å². The van der Waals surface area contributed by atoms with Crippen LogP contribution in [0.5, 0.6) is 0 Å². The van der Waals surface area contributed by atoms with Crippen LogP contribution in [0, 0.1) is 0 Å². The number of hydrogen-bond acceptors (Lipinski definition) is 1.